The fourth-order valence-electron chi connectivity index (χ4n) is 5.00. The van der Waals surface area contributed by atoms with Gasteiger partial charge in [-0.3, -0.25) is 4.79 Å². The van der Waals surface area contributed by atoms with E-state index in [1.807, 2.05) is 12.1 Å². The lowest BCUT2D eigenvalue weighted by Gasteiger charge is -2.39. The molecule has 1 amide bonds. The maximum absolute atomic E-state index is 13.1. The predicted octanol–water partition coefficient (Wildman–Crippen LogP) is 2.81. The van der Waals surface area contributed by atoms with E-state index < -0.39 is 0 Å². The zero-order chi connectivity index (χ0) is 20.0. The molecule has 0 bridgehead atoms. The Morgan fingerprint density at radius 2 is 2.17 bits per heavy atom. The third-order valence-corrected chi connectivity index (χ3v) is 6.25. The second-order valence-electron chi connectivity index (χ2n) is 8.07. The molecule has 2 aromatic rings. The van der Waals surface area contributed by atoms with E-state index >= 15 is 0 Å². The molecule has 0 saturated carbocycles. The van der Waals surface area contributed by atoms with Crippen LogP contribution in [-0.4, -0.2) is 49.6 Å². The van der Waals surface area contributed by atoms with Gasteiger partial charge < -0.3 is 25.6 Å². The fourth-order valence-corrected chi connectivity index (χ4v) is 5.00. The van der Waals surface area contributed by atoms with Crippen LogP contribution in [0.2, 0.25) is 0 Å². The highest BCUT2D eigenvalue weighted by Gasteiger charge is 2.44. The minimum Gasteiger partial charge on any atom is -0.491 e. The molecule has 0 spiro atoms. The van der Waals surface area contributed by atoms with Gasteiger partial charge in [0, 0.05) is 37.7 Å². The van der Waals surface area contributed by atoms with Gasteiger partial charge in [-0.2, -0.15) is 0 Å². The number of anilines is 3. The highest BCUT2D eigenvalue weighted by molar-refractivity contribution is 6.03. The van der Waals surface area contributed by atoms with Crippen molar-refractivity contribution >= 4 is 23.0 Å². The van der Waals surface area contributed by atoms with Gasteiger partial charge in [0.15, 0.2) is 0 Å². The number of halogens is 1. The summed E-state index contributed by atoms with van der Waals surface area (Å²) < 4.78 is 18.9. The van der Waals surface area contributed by atoms with Gasteiger partial charge in [0.25, 0.3) is 0 Å². The standard InChI is InChI=1S/C22H25FN4O2/c23-14-5-6-20(17(24)11-14)29-10-2-8-26-9-7-19-16(12-26)15-3-1-4-18-22(15)27(19)13-21(28)25-18/h1,3-6,11,16,19H,2,7-10,12-13,24H2,(H,25,28)/t16-,19-/m0/s1. The number of carbonyl (C=O) groups is 1. The van der Waals surface area contributed by atoms with Crippen LogP contribution in [0.4, 0.5) is 21.5 Å². The van der Waals surface area contributed by atoms with E-state index in [1.54, 1.807) is 6.07 Å². The molecule has 7 heteroatoms. The second-order valence-corrected chi connectivity index (χ2v) is 8.07. The van der Waals surface area contributed by atoms with E-state index in [4.69, 9.17) is 10.5 Å². The Morgan fingerprint density at radius 3 is 3.03 bits per heavy atom. The van der Waals surface area contributed by atoms with Crippen LogP contribution in [0, 0.1) is 5.82 Å². The lowest BCUT2D eigenvalue weighted by molar-refractivity contribution is -0.115. The average molecular weight is 396 g/mol. The number of nitrogen functional groups attached to an aromatic ring is 1. The molecule has 2 aromatic carbocycles. The monoisotopic (exact) mass is 396 g/mol. The highest BCUT2D eigenvalue weighted by atomic mass is 19.1. The molecule has 3 aliphatic heterocycles. The number of carbonyl (C=O) groups excluding carboxylic acids is 1. The molecule has 0 aromatic heterocycles. The summed E-state index contributed by atoms with van der Waals surface area (Å²) in [4.78, 5) is 16.9. The quantitative estimate of drug-likeness (QED) is 0.601. The number of likely N-dealkylation sites (tertiary alicyclic amines) is 1. The molecule has 1 saturated heterocycles. The maximum atomic E-state index is 13.1. The Kier molecular flexibility index (Phi) is 4.54. The molecule has 3 aliphatic rings. The van der Waals surface area contributed by atoms with Crippen LogP contribution in [-0.2, 0) is 4.79 Å². The molecule has 6 nitrogen and oxygen atoms in total. The second kappa shape index (κ2) is 7.22. The van der Waals surface area contributed by atoms with Crippen molar-refractivity contribution < 1.29 is 13.9 Å². The highest BCUT2D eigenvalue weighted by Crippen LogP contribution is 2.49. The summed E-state index contributed by atoms with van der Waals surface area (Å²) in [6, 6.07) is 10.9. The number of nitrogens with zero attached hydrogens (tertiary/aromatic N) is 2. The van der Waals surface area contributed by atoms with Crippen molar-refractivity contribution in [2.24, 2.45) is 0 Å². The summed E-state index contributed by atoms with van der Waals surface area (Å²) in [7, 11) is 0. The van der Waals surface area contributed by atoms with Crippen molar-refractivity contribution in [1.82, 2.24) is 4.90 Å². The van der Waals surface area contributed by atoms with E-state index in [1.165, 1.54) is 23.4 Å². The van der Waals surface area contributed by atoms with Crippen molar-refractivity contribution in [1.29, 1.82) is 0 Å². The number of fused-ring (bicyclic) bond motifs is 3. The number of nitrogens with two attached hydrogens (primary N) is 1. The minimum atomic E-state index is -0.354. The van der Waals surface area contributed by atoms with Crippen molar-refractivity contribution in [2.45, 2.75) is 24.8 Å². The SMILES string of the molecule is Nc1cc(F)ccc1OCCCN1CC[C@H]2[C@@H](C1)c1cccc3c1N2CC(=O)N3. The lowest BCUT2D eigenvalue weighted by Crippen LogP contribution is -2.49. The summed E-state index contributed by atoms with van der Waals surface area (Å²) in [5, 5.41) is 3.01. The van der Waals surface area contributed by atoms with E-state index in [0.29, 0.717) is 36.5 Å². The summed E-state index contributed by atoms with van der Waals surface area (Å²) in [5.74, 6) is 0.691. The van der Waals surface area contributed by atoms with Crippen LogP contribution in [0.3, 0.4) is 0 Å². The number of piperidine rings is 1. The maximum Gasteiger partial charge on any atom is 0.243 e. The van der Waals surface area contributed by atoms with E-state index in [0.717, 1.165) is 38.2 Å². The number of rotatable bonds is 5. The van der Waals surface area contributed by atoms with Crippen LogP contribution >= 0.6 is 0 Å². The van der Waals surface area contributed by atoms with Crippen molar-refractivity contribution in [3.05, 3.63) is 47.8 Å². The zero-order valence-electron chi connectivity index (χ0n) is 16.2. The average Bonchev–Trinajstić information content (AvgIpc) is 3.01. The zero-order valence-corrected chi connectivity index (χ0v) is 16.2. The molecule has 1 fully saturated rings. The van der Waals surface area contributed by atoms with Gasteiger partial charge in [-0.25, -0.2) is 4.39 Å². The van der Waals surface area contributed by atoms with Gasteiger partial charge in [0.2, 0.25) is 5.91 Å². The first-order valence-electron chi connectivity index (χ1n) is 10.2. The number of hydrogen-bond acceptors (Lipinski definition) is 5. The fraction of sp³-hybridized carbons (Fsp3) is 0.409. The van der Waals surface area contributed by atoms with Crippen LogP contribution in [0.5, 0.6) is 5.75 Å². The number of para-hydroxylation sites is 1. The van der Waals surface area contributed by atoms with Gasteiger partial charge in [-0.15, -0.1) is 0 Å². The molecule has 0 radical (unpaired) electrons. The van der Waals surface area contributed by atoms with Crippen LogP contribution < -0.4 is 20.7 Å². The number of amides is 1. The van der Waals surface area contributed by atoms with Crippen molar-refractivity contribution in [3.63, 3.8) is 0 Å². The van der Waals surface area contributed by atoms with Crippen LogP contribution in [0.25, 0.3) is 0 Å². The molecule has 3 N–H and O–H groups in total. The summed E-state index contributed by atoms with van der Waals surface area (Å²) in [6.45, 7) is 3.95. The molecule has 0 aliphatic carbocycles. The van der Waals surface area contributed by atoms with Crippen molar-refractivity contribution in [3.8, 4) is 5.75 Å². The normalized spacial score (nSPS) is 22.8. The van der Waals surface area contributed by atoms with Crippen LogP contribution in [0.15, 0.2) is 36.4 Å². The first kappa shape index (κ1) is 18.2. The van der Waals surface area contributed by atoms with E-state index in [2.05, 4.69) is 21.2 Å². The molecule has 2 atom stereocenters. The number of ether oxygens (including phenoxy) is 1. The number of benzene rings is 2. The van der Waals surface area contributed by atoms with E-state index in [9.17, 15) is 9.18 Å². The summed E-state index contributed by atoms with van der Waals surface area (Å²) in [5.41, 5.74) is 9.65. The van der Waals surface area contributed by atoms with E-state index in [-0.39, 0.29) is 11.7 Å². The van der Waals surface area contributed by atoms with Gasteiger partial charge in [0.1, 0.15) is 11.6 Å². The summed E-state index contributed by atoms with van der Waals surface area (Å²) >= 11 is 0. The first-order valence-corrected chi connectivity index (χ1v) is 10.2. The topological polar surface area (TPSA) is 70.8 Å². The van der Waals surface area contributed by atoms with Crippen molar-refractivity contribution in [2.75, 3.05) is 48.7 Å². The number of nitrogens with one attached hydrogen (secondary N) is 1. The predicted molar refractivity (Wildman–Crippen MR) is 111 cm³/mol. The molecule has 3 heterocycles. The lowest BCUT2D eigenvalue weighted by atomic mass is 9.89. The van der Waals surface area contributed by atoms with Gasteiger partial charge in [0.05, 0.1) is 30.2 Å². The molecule has 29 heavy (non-hydrogen) atoms. The Hall–Kier alpha value is -2.80. The largest absolute Gasteiger partial charge is 0.491 e. The Labute approximate surface area is 169 Å². The van der Waals surface area contributed by atoms with Gasteiger partial charge in [-0.05, 0) is 36.6 Å². The third kappa shape index (κ3) is 3.29. The third-order valence-electron chi connectivity index (χ3n) is 6.25. The minimum absolute atomic E-state index is 0.0787. The molecular weight excluding hydrogens is 371 g/mol. The van der Waals surface area contributed by atoms with Gasteiger partial charge >= 0.3 is 0 Å². The summed E-state index contributed by atoms with van der Waals surface area (Å²) in [6.07, 6.45) is 1.93. The Balaban J connectivity index is 1.20. The van der Waals surface area contributed by atoms with Gasteiger partial charge in [-0.1, -0.05) is 12.1 Å². The first-order chi connectivity index (χ1) is 14.1. The molecule has 0 unspecified atom stereocenters. The Morgan fingerprint density at radius 1 is 1.28 bits per heavy atom. The molecule has 5 rings (SSSR count). The molecular formula is C22H25FN4O2. The smallest absolute Gasteiger partial charge is 0.243 e. The Bertz CT molecular complexity index is 950. The van der Waals surface area contributed by atoms with Crippen LogP contribution in [0.1, 0.15) is 24.3 Å². The number of hydrogen-bond donors (Lipinski definition) is 2. The molecule has 152 valence electrons.